The van der Waals surface area contributed by atoms with Gasteiger partial charge in [0.2, 0.25) is 0 Å². The molecule has 0 saturated carbocycles. The van der Waals surface area contributed by atoms with Gasteiger partial charge in [-0.3, -0.25) is 4.79 Å². The van der Waals surface area contributed by atoms with E-state index >= 15 is 0 Å². The van der Waals surface area contributed by atoms with Crippen LogP contribution in [0, 0.1) is 6.92 Å². The fourth-order valence-electron chi connectivity index (χ4n) is 1.77. The number of rotatable bonds is 6. The Morgan fingerprint density at radius 2 is 1.83 bits per heavy atom. The molecule has 0 saturated heterocycles. The summed E-state index contributed by atoms with van der Waals surface area (Å²) in [5, 5.41) is 2.63. The Labute approximate surface area is 142 Å². The average molecular weight is 378 g/mol. The number of anilines is 1. The van der Waals surface area contributed by atoms with Crippen LogP contribution in [0.1, 0.15) is 5.56 Å². The van der Waals surface area contributed by atoms with E-state index in [0.29, 0.717) is 11.4 Å². The molecule has 0 atom stereocenters. The van der Waals surface area contributed by atoms with Crippen molar-refractivity contribution in [1.29, 1.82) is 0 Å². The van der Waals surface area contributed by atoms with Gasteiger partial charge in [0.05, 0.1) is 0 Å². The lowest BCUT2D eigenvalue weighted by Gasteiger charge is -2.08. The highest BCUT2D eigenvalue weighted by Crippen LogP contribution is 2.14. The quantitative estimate of drug-likeness (QED) is 0.784. The minimum absolute atomic E-state index is 0.241. The second kappa shape index (κ2) is 8.33. The van der Waals surface area contributed by atoms with Crippen LogP contribution in [0.3, 0.4) is 0 Å². The van der Waals surface area contributed by atoms with E-state index in [1.54, 1.807) is 30.3 Å². The van der Waals surface area contributed by atoms with Crippen LogP contribution in [0.4, 0.5) is 5.69 Å². The molecule has 0 aliphatic rings. The number of halogens is 1. The Hall–Kier alpha value is -2.34. The fraction of sp³-hybridized carbons (Fsp3) is 0.176. The van der Waals surface area contributed by atoms with Gasteiger partial charge in [-0.2, -0.15) is 0 Å². The van der Waals surface area contributed by atoms with Gasteiger partial charge in [-0.05, 0) is 48.9 Å². The van der Waals surface area contributed by atoms with E-state index in [4.69, 9.17) is 9.47 Å². The van der Waals surface area contributed by atoms with E-state index in [1.807, 2.05) is 25.1 Å². The van der Waals surface area contributed by atoms with Gasteiger partial charge < -0.3 is 14.8 Å². The van der Waals surface area contributed by atoms with E-state index in [-0.39, 0.29) is 13.2 Å². The summed E-state index contributed by atoms with van der Waals surface area (Å²) in [6, 6.07) is 14.4. The van der Waals surface area contributed by atoms with Crippen molar-refractivity contribution in [2.24, 2.45) is 0 Å². The van der Waals surface area contributed by atoms with Crippen LogP contribution < -0.4 is 10.1 Å². The summed E-state index contributed by atoms with van der Waals surface area (Å²) in [7, 11) is 0. The van der Waals surface area contributed by atoms with Gasteiger partial charge in [0.1, 0.15) is 5.75 Å². The first-order valence-corrected chi connectivity index (χ1v) is 7.73. The molecule has 0 aromatic heterocycles. The largest absolute Gasteiger partial charge is 0.482 e. The van der Waals surface area contributed by atoms with Gasteiger partial charge in [0.25, 0.3) is 5.91 Å². The van der Waals surface area contributed by atoms with Gasteiger partial charge in [0.15, 0.2) is 13.2 Å². The molecule has 23 heavy (non-hydrogen) atoms. The Kier molecular flexibility index (Phi) is 6.17. The van der Waals surface area contributed by atoms with Crippen molar-refractivity contribution in [2.45, 2.75) is 6.92 Å². The smallest absolute Gasteiger partial charge is 0.344 e. The van der Waals surface area contributed by atoms with Crippen LogP contribution in [-0.4, -0.2) is 25.1 Å². The summed E-state index contributed by atoms with van der Waals surface area (Å²) in [5.41, 5.74) is 1.66. The van der Waals surface area contributed by atoms with Crippen molar-refractivity contribution >= 4 is 33.5 Å². The summed E-state index contributed by atoms with van der Waals surface area (Å²) in [5.74, 6) is -0.421. The number of nitrogens with one attached hydrogen (secondary N) is 1. The minimum atomic E-state index is -0.600. The zero-order valence-corrected chi connectivity index (χ0v) is 14.1. The summed E-state index contributed by atoms with van der Waals surface area (Å²) < 4.78 is 11.1. The first-order chi connectivity index (χ1) is 11.0. The average Bonchev–Trinajstić information content (AvgIpc) is 2.53. The van der Waals surface area contributed by atoms with Crippen LogP contribution in [0.2, 0.25) is 0 Å². The molecule has 0 heterocycles. The molecular formula is C17H16BrNO4. The topological polar surface area (TPSA) is 64.6 Å². The lowest BCUT2D eigenvalue weighted by Crippen LogP contribution is -2.23. The summed E-state index contributed by atoms with van der Waals surface area (Å²) >= 11 is 3.31. The molecule has 0 spiro atoms. The number of hydrogen-bond acceptors (Lipinski definition) is 4. The number of benzene rings is 2. The van der Waals surface area contributed by atoms with Gasteiger partial charge in [-0.25, -0.2) is 4.79 Å². The molecule has 0 aliphatic carbocycles. The van der Waals surface area contributed by atoms with Crippen molar-refractivity contribution in [3.05, 3.63) is 58.6 Å². The minimum Gasteiger partial charge on any atom is -0.482 e. The summed E-state index contributed by atoms with van der Waals surface area (Å²) in [6.07, 6.45) is 0. The molecule has 0 radical (unpaired) electrons. The van der Waals surface area contributed by atoms with Crippen molar-refractivity contribution in [2.75, 3.05) is 18.5 Å². The maximum atomic E-state index is 11.7. The predicted molar refractivity (Wildman–Crippen MR) is 90.4 cm³/mol. The van der Waals surface area contributed by atoms with Gasteiger partial charge in [-0.15, -0.1) is 0 Å². The number of amides is 1. The van der Waals surface area contributed by atoms with Crippen LogP contribution in [0.5, 0.6) is 5.75 Å². The van der Waals surface area contributed by atoms with Crippen LogP contribution in [0.25, 0.3) is 0 Å². The molecule has 2 rings (SSSR count). The fourth-order valence-corrected chi connectivity index (χ4v) is 2.03. The van der Waals surface area contributed by atoms with Gasteiger partial charge in [-0.1, -0.05) is 28.1 Å². The predicted octanol–water partition coefficient (Wildman–Crippen LogP) is 3.32. The summed E-state index contributed by atoms with van der Waals surface area (Å²) in [6.45, 7) is 1.33. The molecule has 0 fully saturated rings. The molecule has 2 aromatic carbocycles. The SMILES string of the molecule is Cc1cccc(OCC(=O)OCC(=O)Nc2ccc(Br)cc2)c1. The van der Waals surface area contributed by atoms with Gasteiger partial charge >= 0.3 is 5.97 Å². The van der Waals surface area contributed by atoms with Crippen molar-refractivity contribution in [1.82, 2.24) is 0 Å². The zero-order chi connectivity index (χ0) is 16.7. The zero-order valence-electron chi connectivity index (χ0n) is 12.5. The molecule has 1 amide bonds. The number of aryl methyl sites for hydroxylation is 1. The highest BCUT2D eigenvalue weighted by molar-refractivity contribution is 9.10. The molecule has 5 nitrogen and oxygen atoms in total. The van der Waals surface area contributed by atoms with Crippen molar-refractivity contribution in [3.63, 3.8) is 0 Å². The monoisotopic (exact) mass is 377 g/mol. The number of hydrogen-bond donors (Lipinski definition) is 1. The van der Waals surface area contributed by atoms with Crippen LogP contribution in [0.15, 0.2) is 53.0 Å². The molecule has 0 unspecified atom stereocenters. The van der Waals surface area contributed by atoms with E-state index in [1.165, 1.54) is 0 Å². The first-order valence-electron chi connectivity index (χ1n) is 6.93. The molecule has 1 N–H and O–H groups in total. The Morgan fingerprint density at radius 1 is 1.09 bits per heavy atom. The first kappa shape index (κ1) is 17.0. The molecule has 0 aliphatic heterocycles. The van der Waals surface area contributed by atoms with Crippen LogP contribution >= 0.6 is 15.9 Å². The second-order valence-electron chi connectivity index (χ2n) is 4.82. The lowest BCUT2D eigenvalue weighted by molar-refractivity contribution is -0.149. The van der Waals surface area contributed by atoms with E-state index < -0.39 is 11.9 Å². The molecule has 6 heteroatoms. The summed E-state index contributed by atoms with van der Waals surface area (Å²) in [4.78, 5) is 23.2. The second-order valence-corrected chi connectivity index (χ2v) is 5.74. The molecular weight excluding hydrogens is 362 g/mol. The number of carbonyl (C=O) groups is 2. The van der Waals surface area contributed by atoms with Gasteiger partial charge in [0, 0.05) is 10.2 Å². The number of esters is 1. The Morgan fingerprint density at radius 3 is 2.52 bits per heavy atom. The number of ether oxygens (including phenoxy) is 2. The van der Waals surface area contributed by atoms with E-state index in [2.05, 4.69) is 21.2 Å². The maximum absolute atomic E-state index is 11.7. The van der Waals surface area contributed by atoms with E-state index in [9.17, 15) is 9.59 Å². The Balaban J connectivity index is 1.71. The van der Waals surface area contributed by atoms with Crippen LogP contribution in [-0.2, 0) is 14.3 Å². The van der Waals surface area contributed by atoms with Crippen molar-refractivity contribution < 1.29 is 19.1 Å². The highest BCUT2D eigenvalue weighted by atomic mass is 79.9. The van der Waals surface area contributed by atoms with Crippen molar-refractivity contribution in [3.8, 4) is 5.75 Å². The standard InChI is InChI=1S/C17H16BrNO4/c1-12-3-2-4-15(9-12)22-11-17(21)23-10-16(20)19-14-7-5-13(18)6-8-14/h2-9H,10-11H2,1H3,(H,19,20). The third-order valence-electron chi connectivity index (χ3n) is 2.84. The maximum Gasteiger partial charge on any atom is 0.344 e. The number of carbonyl (C=O) groups excluding carboxylic acids is 2. The normalized spacial score (nSPS) is 10.0. The Bertz CT molecular complexity index is 685. The third-order valence-corrected chi connectivity index (χ3v) is 3.37. The molecule has 0 bridgehead atoms. The molecule has 120 valence electrons. The molecule has 2 aromatic rings. The third kappa shape index (κ3) is 6.12. The highest BCUT2D eigenvalue weighted by Gasteiger charge is 2.09. The van der Waals surface area contributed by atoms with E-state index in [0.717, 1.165) is 10.0 Å². The lowest BCUT2D eigenvalue weighted by atomic mass is 10.2.